The van der Waals surface area contributed by atoms with Crippen molar-refractivity contribution in [2.45, 2.75) is 12.8 Å². The number of ether oxygens (including phenoxy) is 2. The lowest BCUT2D eigenvalue weighted by Gasteiger charge is -2.31. The number of primary amides is 1. The maximum atomic E-state index is 12.5. The first-order chi connectivity index (χ1) is 11.0. The lowest BCUT2D eigenvalue weighted by molar-refractivity contribution is -0.146. The lowest BCUT2D eigenvalue weighted by Crippen LogP contribution is -2.42. The van der Waals surface area contributed by atoms with Gasteiger partial charge in [0.25, 0.3) is 11.8 Å². The average Bonchev–Trinajstić information content (AvgIpc) is 2.59. The van der Waals surface area contributed by atoms with E-state index in [4.69, 9.17) is 15.2 Å². The summed E-state index contributed by atoms with van der Waals surface area (Å²) in [5, 5.41) is 0. The highest BCUT2D eigenvalue weighted by Gasteiger charge is 2.29. The third kappa shape index (κ3) is 4.45. The zero-order valence-corrected chi connectivity index (χ0v) is 13.0. The monoisotopic (exact) mass is 320 g/mol. The molecule has 1 aliphatic rings. The van der Waals surface area contributed by atoms with Crippen LogP contribution in [0.1, 0.15) is 23.2 Å². The van der Waals surface area contributed by atoms with E-state index in [9.17, 15) is 14.4 Å². The predicted octanol–water partition coefficient (Wildman–Crippen LogP) is 0.576. The molecule has 124 valence electrons. The molecular formula is C16H20N2O5. The molecule has 1 aromatic rings. The molecule has 2 amide bonds. The van der Waals surface area contributed by atoms with Gasteiger partial charge in [0, 0.05) is 18.7 Å². The maximum absolute atomic E-state index is 12.5. The third-order valence-electron chi connectivity index (χ3n) is 3.73. The van der Waals surface area contributed by atoms with Gasteiger partial charge in [-0.3, -0.25) is 14.4 Å². The van der Waals surface area contributed by atoms with E-state index in [-0.39, 0.29) is 24.4 Å². The van der Waals surface area contributed by atoms with Gasteiger partial charge in [-0.15, -0.1) is 0 Å². The van der Waals surface area contributed by atoms with Crippen LogP contribution in [0.15, 0.2) is 24.3 Å². The molecular weight excluding hydrogens is 300 g/mol. The van der Waals surface area contributed by atoms with Crippen molar-refractivity contribution in [3.8, 4) is 5.75 Å². The second-order valence-electron chi connectivity index (χ2n) is 5.39. The van der Waals surface area contributed by atoms with Crippen molar-refractivity contribution >= 4 is 17.8 Å². The molecule has 2 rings (SSSR count). The second kappa shape index (κ2) is 7.62. The van der Waals surface area contributed by atoms with Crippen molar-refractivity contribution in [1.82, 2.24) is 4.90 Å². The number of hydrogen-bond acceptors (Lipinski definition) is 5. The Balaban J connectivity index is 1.99. The summed E-state index contributed by atoms with van der Waals surface area (Å²) in [7, 11) is 1.36. The minimum Gasteiger partial charge on any atom is -0.484 e. The second-order valence-corrected chi connectivity index (χ2v) is 5.39. The Kier molecular flexibility index (Phi) is 5.56. The highest BCUT2D eigenvalue weighted by Crippen LogP contribution is 2.20. The third-order valence-corrected chi connectivity index (χ3v) is 3.73. The summed E-state index contributed by atoms with van der Waals surface area (Å²) < 4.78 is 9.90. The van der Waals surface area contributed by atoms with E-state index in [1.165, 1.54) is 7.11 Å². The fraction of sp³-hybridized carbons (Fsp3) is 0.438. The van der Waals surface area contributed by atoms with Gasteiger partial charge < -0.3 is 20.1 Å². The van der Waals surface area contributed by atoms with Crippen LogP contribution < -0.4 is 10.5 Å². The van der Waals surface area contributed by atoms with Crippen LogP contribution in [-0.4, -0.2) is 49.5 Å². The highest BCUT2D eigenvalue weighted by molar-refractivity contribution is 5.94. The van der Waals surface area contributed by atoms with E-state index in [1.807, 2.05) is 0 Å². The standard InChI is InChI=1S/C16H20N2O5/c1-22-16(21)12-3-2-8-18(9-12)15(20)11-4-6-13(7-5-11)23-10-14(17)19/h4-7,12H,2-3,8-10H2,1H3,(H2,17,19)/t12-/m0/s1. The SMILES string of the molecule is COC(=O)[C@H]1CCCN(C(=O)c2ccc(OCC(N)=O)cc2)C1. The molecule has 23 heavy (non-hydrogen) atoms. The predicted molar refractivity (Wildman–Crippen MR) is 81.8 cm³/mol. The number of benzene rings is 1. The Hall–Kier alpha value is -2.57. The van der Waals surface area contributed by atoms with Crippen molar-refractivity contribution in [2.24, 2.45) is 11.7 Å². The smallest absolute Gasteiger partial charge is 0.310 e. The van der Waals surface area contributed by atoms with Gasteiger partial charge in [0.15, 0.2) is 6.61 Å². The Morgan fingerprint density at radius 3 is 2.57 bits per heavy atom. The van der Waals surface area contributed by atoms with Crippen LogP contribution in [0.5, 0.6) is 5.75 Å². The van der Waals surface area contributed by atoms with E-state index in [0.29, 0.717) is 24.4 Å². The molecule has 7 heteroatoms. The first-order valence-electron chi connectivity index (χ1n) is 7.39. The number of nitrogens with two attached hydrogens (primary N) is 1. The molecule has 1 aliphatic heterocycles. The van der Waals surface area contributed by atoms with Gasteiger partial charge in [-0.1, -0.05) is 0 Å². The first kappa shape index (κ1) is 16.8. The molecule has 1 aromatic carbocycles. The number of methoxy groups -OCH3 is 1. The molecule has 0 bridgehead atoms. The van der Waals surface area contributed by atoms with Crippen molar-refractivity contribution in [2.75, 3.05) is 26.8 Å². The summed E-state index contributed by atoms with van der Waals surface area (Å²) in [5.41, 5.74) is 5.50. The number of amides is 2. The summed E-state index contributed by atoms with van der Waals surface area (Å²) in [6.45, 7) is 0.776. The van der Waals surface area contributed by atoms with Gasteiger partial charge in [-0.2, -0.15) is 0 Å². The molecule has 0 spiro atoms. The molecule has 0 unspecified atom stereocenters. The van der Waals surface area contributed by atoms with Crippen LogP contribution in [0.4, 0.5) is 0 Å². The van der Waals surface area contributed by atoms with Crippen LogP contribution in [0, 0.1) is 5.92 Å². The van der Waals surface area contributed by atoms with Gasteiger partial charge in [-0.25, -0.2) is 0 Å². The first-order valence-corrected chi connectivity index (χ1v) is 7.39. The molecule has 7 nitrogen and oxygen atoms in total. The normalized spacial score (nSPS) is 17.4. The quantitative estimate of drug-likeness (QED) is 0.800. The number of carbonyl (C=O) groups excluding carboxylic acids is 3. The number of nitrogens with zero attached hydrogens (tertiary/aromatic N) is 1. The Morgan fingerprint density at radius 2 is 1.96 bits per heavy atom. The number of piperidine rings is 1. The van der Waals surface area contributed by atoms with Crippen molar-refractivity contribution in [1.29, 1.82) is 0 Å². The van der Waals surface area contributed by atoms with Crippen LogP contribution in [-0.2, 0) is 14.3 Å². The minimum atomic E-state index is -0.563. The van der Waals surface area contributed by atoms with E-state index >= 15 is 0 Å². The molecule has 0 radical (unpaired) electrons. The van der Waals surface area contributed by atoms with Gasteiger partial charge in [0.05, 0.1) is 13.0 Å². The zero-order chi connectivity index (χ0) is 16.8. The number of likely N-dealkylation sites (tertiary alicyclic amines) is 1. The molecule has 1 heterocycles. The fourth-order valence-corrected chi connectivity index (χ4v) is 2.55. The summed E-state index contributed by atoms with van der Waals surface area (Å²) in [5.74, 6) is -0.785. The minimum absolute atomic E-state index is 0.139. The summed E-state index contributed by atoms with van der Waals surface area (Å²) in [4.78, 5) is 36.4. The molecule has 1 atom stereocenters. The van der Waals surface area contributed by atoms with Gasteiger partial charge >= 0.3 is 5.97 Å². The molecule has 0 saturated carbocycles. The van der Waals surface area contributed by atoms with Crippen LogP contribution >= 0.6 is 0 Å². The Bertz CT molecular complexity index is 585. The van der Waals surface area contributed by atoms with Crippen LogP contribution in [0.25, 0.3) is 0 Å². The van der Waals surface area contributed by atoms with Crippen LogP contribution in [0.3, 0.4) is 0 Å². The van der Waals surface area contributed by atoms with Gasteiger partial charge in [0.1, 0.15) is 5.75 Å². The molecule has 0 aliphatic carbocycles. The molecule has 0 aromatic heterocycles. The van der Waals surface area contributed by atoms with E-state index in [0.717, 1.165) is 12.8 Å². The van der Waals surface area contributed by atoms with Crippen molar-refractivity contribution in [3.05, 3.63) is 29.8 Å². The number of rotatable bonds is 5. The largest absolute Gasteiger partial charge is 0.484 e. The number of carbonyl (C=O) groups is 3. The zero-order valence-electron chi connectivity index (χ0n) is 13.0. The van der Waals surface area contributed by atoms with E-state index in [1.54, 1.807) is 29.2 Å². The van der Waals surface area contributed by atoms with Crippen molar-refractivity contribution < 1.29 is 23.9 Å². The number of hydrogen-bond donors (Lipinski definition) is 1. The highest BCUT2D eigenvalue weighted by atomic mass is 16.5. The topological polar surface area (TPSA) is 98.9 Å². The van der Waals surface area contributed by atoms with Crippen LogP contribution in [0.2, 0.25) is 0 Å². The summed E-state index contributed by atoms with van der Waals surface area (Å²) in [6.07, 6.45) is 1.50. The van der Waals surface area contributed by atoms with E-state index < -0.39 is 5.91 Å². The van der Waals surface area contributed by atoms with E-state index in [2.05, 4.69) is 0 Å². The summed E-state index contributed by atoms with van der Waals surface area (Å²) >= 11 is 0. The molecule has 1 fully saturated rings. The number of esters is 1. The maximum Gasteiger partial charge on any atom is 0.310 e. The summed E-state index contributed by atoms with van der Waals surface area (Å²) in [6, 6.07) is 6.47. The molecule has 1 saturated heterocycles. The fourth-order valence-electron chi connectivity index (χ4n) is 2.55. The lowest BCUT2D eigenvalue weighted by atomic mass is 9.97. The van der Waals surface area contributed by atoms with Crippen molar-refractivity contribution in [3.63, 3.8) is 0 Å². The average molecular weight is 320 g/mol. The van der Waals surface area contributed by atoms with Gasteiger partial charge in [-0.05, 0) is 37.1 Å². The Labute approximate surface area is 134 Å². The Morgan fingerprint density at radius 1 is 1.26 bits per heavy atom. The molecule has 2 N–H and O–H groups in total. The van der Waals surface area contributed by atoms with Gasteiger partial charge in [0.2, 0.25) is 0 Å².